The predicted octanol–water partition coefficient (Wildman–Crippen LogP) is 3.28. The van der Waals surface area contributed by atoms with E-state index in [1.807, 2.05) is 19.1 Å². The van der Waals surface area contributed by atoms with Crippen LogP contribution < -0.4 is 5.73 Å². The van der Waals surface area contributed by atoms with Gasteiger partial charge in [0.25, 0.3) is 0 Å². The molecule has 0 fully saturated rings. The molecule has 0 bridgehead atoms. The molecule has 0 heterocycles. The van der Waals surface area contributed by atoms with Crippen LogP contribution in [0.1, 0.15) is 31.7 Å². The van der Waals surface area contributed by atoms with Crippen molar-refractivity contribution in [1.29, 1.82) is 0 Å². The molecule has 18 heavy (non-hydrogen) atoms. The molecule has 0 unspecified atom stereocenters. The molecule has 0 aromatic heterocycles. The van der Waals surface area contributed by atoms with E-state index in [0.29, 0.717) is 17.9 Å². The lowest BCUT2D eigenvalue weighted by Crippen LogP contribution is -2.49. The van der Waals surface area contributed by atoms with E-state index in [4.69, 9.17) is 17.3 Å². The van der Waals surface area contributed by atoms with E-state index in [0.717, 1.165) is 18.4 Å². The van der Waals surface area contributed by atoms with Crippen molar-refractivity contribution in [3.8, 4) is 0 Å². The largest absolute Gasteiger partial charge is 0.480 e. The van der Waals surface area contributed by atoms with Gasteiger partial charge in [-0.15, -0.1) is 12.4 Å². The predicted molar refractivity (Wildman–Crippen MR) is 76.5 cm³/mol. The van der Waals surface area contributed by atoms with Crippen LogP contribution in [0.3, 0.4) is 0 Å². The summed E-state index contributed by atoms with van der Waals surface area (Å²) in [5, 5.41) is 9.86. The van der Waals surface area contributed by atoms with Gasteiger partial charge in [0.2, 0.25) is 0 Å². The Balaban J connectivity index is 0.00000289. The lowest BCUT2D eigenvalue weighted by molar-refractivity contribution is -0.143. The zero-order valence-electron chi connectivity index (χ0n) is 10.4. The molecule has 1 aromatic carbocycles. The fourth-order valence-corrected chi connectivity index (χ4v) is 1.86. The summed E-state index contributed by atoms with van der Waals surface area (Å²) in [6, 6.07) is 7.13. The average Bonchev–Trinajstić information content (AvgIpc) is 2.29. The Hall–Kier alpha value is -0.770. The quantitative estimate of drug-likeness (QED) is 0.845. The van der Waals surface area contributed by atoms with E-state index in [2.05, 4.69) is 0 Å². The van der Waals surface area contributed by atoms with Crippen molar-refractivity contribution in [2.45, 2.75) is 38.1 Å². The van der Waals surface area contributed by atoms with E-state index in [-0.39, 0.29) is 12.4 Å². The Morgan fingerprint density at radius 1 is 1.39 bits per heavy atom. The standard InChI is InChI=1S/C13H18ClNO2.ClH/c1-2-3-8-13(15,12(16)17)9-10-4-6-11(14)7-5-10;/h4-7H,2-3,8-9,15H2,1H3,(H,16,17);1H/t13-;/m0./s1. The zero-order chi connectivity index (χ0) is 12.9. The average molecular weight is 292 g/mol. The van der Waals surface area contributed by atoms with Crippen LogP contribution in [0.2, 0.25) is 5.02 Å². The Kier molecular flexibility index (Phi) is 7.29. The Labute approximate surface area is 119 Å². The summed E-state index contributed by atoms with van der Waals surface area (Å²) in [5.74, 6) is -0.944. The molecule has 1 aromatic rings. The van der Waals surface area contributed by atoms with Crippen molar-refractivity contribution in [2.24, 2.45) is 5.73 Å². The second-order valence-corrected chi connectivity index (χ2v) is 4.80. The van der Waals surface area contributed by atoms with Gasteiger partial charge in [-0.1, -0.05) is 43.5 Å². The van der Waals surface area contributed by atoms with Gasteiger partial charge in [-0.2, -0.15) is 0 Å². The van der Waals surface area contributed by atoms with Crippen LogP contribution in [0.25, 0.3) is 0 Å². The third-order valence-electron chi connectivity index (χ3n) is 2.84. The normalized spacial score (nSPS) is 13.5. The maximum atomic E-state index is 11.2. The fraction of sp³-hybridized carbons (Fsp3) is 0.462. The number of carboxylic acid groups (broad SMARTS) is 1. The van der Waals surface area contributed by atoms with Crippen molar-refractivity contribution >= 4 is 30.0 Å². The van der Waals surface area contributed by atoms with Crippen LogP contribution in [0.4, 0.5) is 0 Å². The number of hydrogen-bond donors (Lipinski definition) is 2. The number of unbranched alkanes of at least 4 members (excludes halogenated alkanes) is 1. The van der Waals surface area contributed by atoms with Crippen molar-refractivity contribution in [2.75, 3.05) is 0 Å². The molecule has 0 saturated carbocycles. The van der Waals surface area contributed by atoms with E-state index in [1.54, 1.807) is 12.1 Å². The minimum atomic E-state index is -1.18. The number of nitrogens with two attached hydrogens (primary N) is 1. The molecular weight excluding hydrogens is 273 g/mol. The van der Waals surface area contributed by atoms with Gasteiger partial charge in [0.15, 0.2) is 0 Å². The third-order valence-corrected chi connectivity index (χ3v) is 3.09. The van der Waals surface area contributed by atoms with Gasteiger partial charge in [0, 0.05) is 11.4 Å². The minimum absolute atomic E-state index is 0. The molecule has 0 spiro atoms. The molecular formula is C13H19Cl2NO2. The number of rotatable bonds is 6. The molecule has 5 heteroatoms. The van der Waals surface area contributed by atoms with Crippen LogP contribution >= 0.6 is 24.0 Å². The number of aliphatic carboxylic acids is 1. The minimum Gasteiger partial charge on any atom is -0.480 e. The number of hydrogen-bond acceptors (Lipinski definition) is 2. The molecule has 0 aliphatic heterocycles. The van der Waals surface area contributed by atoms with E-state index in [9.17, 15) is 9.90 Å². The van der Waals surface area contributed by atoms with Gasteiger partial charge < -0.3 is 10.8 Å². The first-order valence-electron chi connectivity index (χ1n) is 5.74. The maximum Gasteiger partial charge on any atom is 0.324 e. The first-order chi connectivity index (χ1) is 7.98. The lowest BCUT2D eigenvalue weighted by atomic mass is 9.87. The van der Waals surface area contributed by atoms with Crippen LogP contribution in [0.15, 0.2) is 24.3 Å². The van der Waals surface area contributed by atoms with Crippen molar-refractivity contribution in [3.05, 3.63) is 34.9 Å². The highest BCUT2D eigenvalue weighted by Crippen LogP contribution is 2.19. The van der Waals surface area contributed by atoms with Gasteiger partial charge in [-0.05, 0) is 24.1 Å². The van der Waals surface area contributed by atoms with Gasteiger partial charge >= 0.3 is 5.97 Å². The van der Waals surface area contributed by atoms with Gasteiger partial charge in [0.05, 0.1) is 0 Å². The molecule has 1 atom stereocenters. The first-order valence-corrected chi connectivity index (χ1v) is 6.12. The molecule has 0 aliphatic rings. The Morgan fingerprint density at radius 3 is 2.39 bits per heavy atom. The van der Waals surface area contributed by atoms with Gasteiger partial charge in [0.1, 0.15) is 5.54 Å². The monoisotopic (exact) mass is 291 g/mol. The highest BCUT2D eigenvalue weighted by atomic mass is 35.5. The van der Waals surface area contributed by atoms with Gasteiger partial charge in [-0.3, -0.25) is 4.79 Å². The Morgan fingerprint density at radius 2 is 1.94 bits per heavy atom. The van der Waals surface area contributed by atoms with Gasteiger partial charge in [-0.25, -0.2) is 0 Å². The summed E-state index contributed by atoms with van der Waals surface area (Å²) >= 11 is 5.78. The Bertz CT molecular complexity index is 381. The van der Waals surface area contributed by atoms with Crippen LogP contribution in [-0.4, -0.2) is 16.6 Å². The third kappa shape index (κ3) is 4.84. The summed E-state index contributed by atoms with van der Waals surface area (Å²) in [4.78, 5) is 11.2. The second kappa shape index (κ2) is 7.62. The molecule has 0 amide bonds. The molecule has 0 saturated heterocycles. The fourth-order valence-electron chi connectivity index (χ4n) is 1.73. The molecule has 3 nitrogen and oxygen atoms in total. The highest BCUT2D eigenvalue weighted by molar-refractivity contribution is 6.30. The topological polar surface area (TPSA) is 63.3 Å². The van der Waals surface area contributed by atoms with E-state index in [1.165, 1.54) is 0 Å². The summed E-state index contributed by atoms with van der Waals surface area (Å²) in [7, 11) is 0. The first kappa shape index (κ1) is 17.2. The van der Waals surface area contributed by atoms with Crippen molar-refractivity contribution in [3.63, 3.8) is 0 Å². The zero-order valence-corrected chi connectivity index (χ0v) is 11.9. The summed E-state index contributed by atoms with van der Waals surface area (Å²) in [6.07, 6.45) is 2.57. The number of halogens is 2. The second-order valence-electron chi connectivity index (χ2n) is 4.37. The maximum absolute atomic E-state index is 11.2. The summed E-state index contributed by atoms with van der Waals surface area (Å²) in [5.41, 5.74) is 5.69. The lowest BCUT2D eigenvalue weighted by Gasteiger charge is -2.24. The van der Waals surface area contributed by atoms with Crippen molar-refractivity contribution < 1.29 is 9.90 Å². The molecule has 0 aliphatic carbocycles. The smallest absolute Gasteiger partial charge is 0.324 e. The van der Waals surface area contributed by atoms with E-state index >= 15 is 0 Å². The SMILES string of the molecule is CCCC[C@](N)(Cc1ccc(Cl)cc1)C(=O)O.Cl. The summed E-state index contributed by atoms with van der Waals surface area (Å²) in [6.45, 7) is 2.02. The molecule has 3 N–H and O–H groups in total. The molecule has 102 valence electrons. The van der Waals surface area contributed by atoms with E-state index < -0.39 is 11.5 Å². The number of carbonyl (C=O) groups is 1. The van der Waals surface area contributed by atoms with Crippen molar-refractivity contribution in [1.82, 2.24) is 0 Å². The number of carboxylic acids is 1. The van der Waals surface area contributed by atoms with Crippen LogP contribution in [0, 0.1) is 0 Å². The highest BCUT2D eigenvalue weighted by Gasteiger charge is 2.33. The molecule has 1 rings (SSSR count). The van der Waals surface area contributed by atoms with Crippen LogP contribution in [-0.2, 0) is 11.2 Å². The number of benzene rings is 1. The van der Waals surface area contributed by atoms with Crippen LogP contribution in [0.5, 0.6) is 0 Å². The summed E-state index contributed by atoms with van der Waals surface area (Å²) < 4.78 is 0. The molecule has 0 radical (unpaired) electrons.